The normalized spacial score (nSPS) is 18.8. The van der Waals surface area contributed by atoms with Crippen LogP contribution in [-0.2, 0) is 4.79 Å². The van der Waals surface area contributed by atoms with Gasteiger partial charge in [-0.1, -0.05) is 42.4 Å². The summed E-state index contributed by atoms with van der Waals surface area (Å²) in [5, 5.41) is 4.07. The molecule has 0 bridgehead atoms. The average Bonchev–Trinajstić information content (AvgIpc) is 3.11. The Balaban J connectivity index is 0.00000208. The Hall–Kier alpha value is -1.92. The molecule has 2 N–H and O–H groups in total. The Morgan fingerprint density at radius 1 is 1.38 bits per heavy atom. The van der Waals surface area contributed by atoms with E-state index in [0.717, 1.165) is 31.4 Å². The van der Waals surface area contributed by atoms with Gasteiger partial charge in [0.25, 0.3) is 0 Å². The van der Waals surface area contributed by atoms with Gasteiger partial charge in [0.15, 0.2) is 0 Å². The van der Waals surface area contributed by atoms with Crippen molar-refractivity contribution in [3.05, 3.63) is 36.2 Å². The van der Waals surface area contributed by atoms with Crippen LogP contribution in [0, 0.1) is 5.92 Å². The molecule has 0 spiro atoms. The summed E-state index contributed by atoms with van der Waals surface area (Å²) in [6.07, 6.45) is 2.90. The number of benzene rings is 1. The molecule has 1 amide bonds. The lowest BCUT2D eigenvalue weighted by Gasteiger charge is -2.35. The van der Waals surface area contributed by atoms with E-state index in [2.05, 4.69) is 10.1 Å². The molecule has 1 aromatic heterocycles. The maximum atomic E-state index is 12.5. The van der Waals surface area contributed by atoms with Gasteiger partial charge in [-0.05, 0) is 19.3 Å². The van der Waals surface area contributed by atoms with E-state index in [-0.39, 0.29) is 30.3 Å². The van der Waals surface area contributed by atoms with Crippen molar-refractivity contribution in [1.82, 2.24) is 15.0 Å². The minimum Gasteiger partial charge on any atom is -0.337 e. The summed E-state index contributed by atoms with van der Waals surface area (Å²) in [6, 6.07) is 9.55. The second kappa shape index (κ2) is 8.26. The van der Waals surface area contributed by atoms with Crippen LogP contribution in [-0.4, -0.2) is 34.0 Å². The first-order valence-corrected chi connectivity index (χ1v) is 8.10. The third-order valence-corrected chi connectivity index (χ3v) is 4.32. The number of aromatic nitrogens is 2. The number of likely N-dealkylation sites (tertiary alicyclic amines) is 1. The number of carbonyl (C=O) groups excluding carboxylic acids is 1. The van der Waals surface area contributed by atoms with Crippen molar-refractivity contribution >= 4 is 18.3 Å². The van der Waals surface area contributed by atoms with Crippen molar-refractivity contribution < 1.29 is 9.32 Å². The summed E-state index contributed by atoms with van der Waals surface area (Å²) in [5.74, 6) is 0.954. The maximum absolute atomic E-state index is 12.5. The largest absolute Gasteiger partial charge is 0.337 e. The molecule has 0 radical (unpaired) electrons. The number of nitrogens with zero attached hydrogens (tertiary/aromatic N) is 3. The average molecular weight is 351 g/mol. The molecule has 24 heavy (non-hydrogen) atoms. The minimum atomic E-state index is -0.188. The fraction of sp³-hybridized carbons (Fsp3) is 0.471. The monoisotopic (exact) mass is 350 g/mol. The lowest BCUT2D eigenvalue weighted by atomic mass is 9.99. The molecular weight excluding hydrogens is 328 g/mol. The van der Waals surface area contributed by atoms with Gasteiger partial charge in [-0.3, -0.25) is 4.79 Å². The number of piperidine rings is 1. The summed E-state index contributed by atoms with van der Waals surface area (Å²) in [5.41, 5.74) is 6.55. The molecule has 3 rings (SSSR count). The Labute approximate surface area is 147 Å². The summed E-state index contributed by atoms with van der Waals surface area (Å²) in [4.78, 5) is 18.9. The Morgan fingerprint density at radius 2 is 2.12 bits per heavy atom. The molecule has 2 heterocycles. The van der Waals surface area contributed by atoms with Gasteiger partial charge in [0.05, 0.1) is 0 Å². The van der Waals surface area contributed by atoms with E-state index in [1.807, 2.05) is 42.2 Å². The van der Waals surface area contributed by atoms with Gasteiger partial charge >= 0.3 is 0 Å². The zero-order chi connectivity index (χ0) is 16.2. The number of halogens is 1. The standard InChI is InChI=1S/C17H22N4O2.ClH/c1-12(11-18)17(22)21-10-6-5-9-14(21)16-19-15(20-23-16)13-7-3-2-4-8-13;/h2-4,7-8,12,14H,5-6,9-11,18H2,1H3;1H. The number of nitrogens with two attached hydrogens (primary N) is 1. The highest BCUT2D eigenvalue weighted by Crippen LogP contribution is 2.32. The molecule has 1 saturated heterocycles. The van der Waals surface area contributed by atoms with Crippen molar-refractivity contribution in [3.63, 3.8) is 0 Å². The fourth-order valence-corrected chi connectivity index (χ4v) is 2.91. The van der Waals surface area contributed by atoms with E-state index in [1.54, 1.807) is 0 Å². The zero-order valence-corrected chi connectivity index (χ0v) is 14.5. The molecule has 0 aliphatic carbocycles. The molecule has 1 aliphatic rings. The molecule has 2 atom stereocenters. The van der Waals surface area contributed by atoms with Crippen LogP contribution in [0.3, 0.4) is 0 Å². The maximum Gasteiger partial charge on any atom is 0.249 e. The molecule has 7 heteroatoms. The number of hydrogen-bond donors (Lipinski definition) is 1. The van der Waals surface area contributed by atoms with Gasteiger partial charge in [0.1, 0.15) is 6.04 Å². The van der Waals surface area contributed by atoms with Gasteiger partial charge < -0.3 is 15.2 Å². The second-order valence-electron chi connectivity index (χ2n) is 6.00. The zero-order valence-electron chi connectivity index (χ0n) is 13.7. The molecule has 1 aliphatic heterocycles. The van der Waals surface area contributed by atoms with Crippen molar-refractivity contribution in [1.29, 1.82) is 0 Å². The van der Waals surface area contributed by atoms with Gasteiger partial charge in [0, 0.05) is 24.6 Å². The highest BCUT2D eigenvalue weighted by atomic mass is 35.5. The Kier molecular flexibility index (Phi) is 6.34. The van der Waals surface area contributed by atoms with Crippen molar-refractivity contribution in [2.24, 2.45) is 11.7 Å². The van der Waals surface area contributed by atoms with Crippen LogP contribution in [0.1, 0.15) is 38.1 Å². The molecule has 0 saturated carbocycles. The van der Waals surface area contributed by atoms with Crippen LogP contribution >= 0.6 is 12.4 Å². The third kappa shape index (κ3) is 3.76. The topological polar surface area (TPSA) is 85.3 Å². The van der Waals surface area contributed by atoms with E-state index >= 15 is 0 Å². The quantitative estimate of drug-likeness (QED) is 0.916. The van der Waals surface area contributed by atoms with Crippen molar-refractivity contribution in [2.45, 2.75) is 32.2 Å². The molecule has 130 valence electrons. The van der Waals surface area contributed by atoms with Crippen LogP contribution in [0.5, 0.6) is 0 Å². The Bertz CT molecular complexity index is 662. The fourth-order valence-electron chi connectivity index (χ4n) is 2.91. The van der Waals surface area contributed by atoms with Crippen molar-refractivity contribution in [3.8, 4) is 11.4 Å². The van der Waals surface area contributed by atoms with Gasteiger partial charge in [-0.15, -0.1) is 12.4 Å². The van der Waals surface area contributed by atoms with Crippen LogP contribution in [0.2, 0.25) is 0 Å². The molecule has 2 aromatic rings. The molecule has 1 fully saturated rings. The first-order chi connectivity index (χ1) is 11.2. The first kappa shape index (κ1) is 18.4. The first-order valence-electron chi connectivity index (χ1n) is 8.10. The predicted octanol–water partition coefficient (Wildman–Crippen LogP) is 2.81. The van der Waals surface area contributed by atoms with Gasteiger partial charge in [-0.25, -0.2) is 0 Å². The van der Waals surface area contributed by atoms with E-state index in [9.17, 15) is 4.79 Å². The molecular formula is C17H23ClN4O2. The van der Waals surface area contributed by atoms with E-state index < -0.39 is 0 Å². The summed E-state index contributed by atoms with van der Waals surface area (Å²) < 4.78 is 5.47. The number of hydrogen-bond acceptors (Lipinski definition) is 5. The minimum absolute atomic E-state index is 0. The van der Waals surface area contributed by atoms with Crippen LogP contribution in [0.25, 0.3) is 11.4 Å². The smallest absolute Gasteiger partial charge is 0.249 e. The van der Waals surface area contributed by atoms with Crippen molar-refractivity contribution in [2.75, 3.05) is 13.1 Å². The number of rotatable bonds is 4. The number of carbonyl (C=O) groups is 1. The van der Waals surface area contributed by atoms with E-state index in [1.165, 1.54) is 0 Å². The third-order valence-electron chi connectivity index (χ3n) is 4.32. The SMILES string of the molecule is CC(CN)C(=O)N1CCCCC1c1nc(-c2ccccc2)no1.Cl. The number of amides is 1. The summed E-state index contributed by atoms with van der Waals surface area (Å²) >= 11 is 0. The molecule has 2 unspecified atom stereocenters. The predicted molar refractivity (Wildman–Crippen MR) is 93.5 cm³/mol. The lowest BCUT2D eigenvalue weighted by molar-refractivity contribution is -0.139. The summed E-state index contributed by atoms with van der Waals surface area (Å²) in [7, 11) is 0. The summed E-state index contributed by atoms with van der Waals surface area (Å²) in [6.45, 7) is 2.93. The molecule has 6 nitrogen and oxygen atoms in total. The highest BCUT2D eigenvalue weighted by molar-refractivity contribution is 5.85. The Morgan fingerprint density at radius 3 is 2.83 bits per heavy atom. The van der Waals surface area contributed by atoms with Crippen LogP contribution in [0.15, 0.2) is 34.9 Å². The van der Waals surface area contributed by atoms with E-state index in [0.29, 0.717) is 18.3 Å². The van der Waals surface area contributed by atoms with E-state index in [4.69, 9.17) is 10.3 Å². The second-order valence-corrected chi connectivity index (χ2v) is 6.00. The van der Waals surface area contributed by atoms with Crippen LogP contribution < -0.4 is 5.73 Å². The molecule has 1 aromatic carbocycles. The lowest BCUT2D eigenvalue weighted by Crippen LogP contribution is -2.43. The van der Waals surface area contributed by atoms with Gasteiger partial charge in [-0.2, -0.15) is 4.98 Å². The van der Waals surface area contributed by atoms with Gasteiger partial charge in [0.2, 0.25) is 17.6 Å². The highest BCUT2D eigenvalue weighted by Gasteiger charge is 2.33. The van der Waals surface area contributed by atoms with Crippen LogP contribution in [0.4, 0.5) is 0 Å².